The van der Waals surface area contributed by atoms with Gasteiger partial charge in [-0.1, -0.05) is 6.07 Å². The van der Waals surface area contributed by atoms with Crippen molar-refractivity contribution in [2.75, 3.05) is 14.1 Å². The molecule has 0 saturated carbocycles. The molecule has 1 unspecified atom stereocenters. The molecule has 1 rings (SSSR count). The van der Waals surface area contributed by atoms with Crippen molar-refractivity contribution in [2.45, 2.75) is 13.0 Å². The minimum absolute atomic E-state index is 0.0865. The van der Waals surface area contributed by atoms with E-state index in [2.05, 4.69) is 0 Å². The van der Waals surface area contributed by atoms with Gasteiger partial charge in [-0.25, -0.2) is 4.39 Å². The van der Waals surface area contributed by atoms with E-state index in [9.17, 15) is 14.0 Å². The fraction of sp³-hybridized carbons (Fsp3) is 0.333. The van der Waals surface area contributed by atoms with E-state index in [0.29, 0.717) is 6.29 Å². The molecule has 0 radical (unpaired) electrons. The van der Waals surface area contributed by atoms with E-state index in [-0.39, 0.29) is 17.2 Å². The lowest BCUT2D eigenvalue weighted by Crippen LogP contribution is -2.35. The Morgan fingerprint density at radius 2 is 2.12 bits per heavy atom. The molecule has 0 N–H and O–H groups in total. The molecule has 1 aromatic rings. The van der Waals surface area contributed by atoms with Crippen molar-refractivity contribution < 1.29 is 18.7 Å². The quantitative estimate of drug-likeness (QED) is 0.748. The van der Waals surface area contributed by atoms with Crippen LogP contribution < -0.4 is 4.74 Å². The highest BCUT2D eigenvalue weighted by molar-refractivity contribution is 5.82. The topological polar surface area (TPSA) is 46.6 Å². The fourth-order valence-electron chi connectivity index (χ4n) is 1.33. The maximum absolute atomic E-state index is 13.5. The number of hydrogen-bond acceptors (Lipinski definition) is 3. The molecule has 0 aromatic heterocycles. The largest absolute Gasteiger partial charge is 0.477 e. The predicted molar refractivity (Wildman–Crippen MR) is 60.6 cm³/mol. The molecule has 4 nitrogen and oxygen atoms in total. The number of amides is 1. The van der Waals surface area contributed by atoms with E-state index in [1.165, 1.54) is 30.0 Å². The Morgan fingerprint density at radius 3 is 2.65 bits per heavy atom. The molecule has 92 valence electrons. The van der Waals surface area contributed by atoms with E-state index in [4.69, 9.17) is 4.74 Å². The maximum Gasteiger partial charge on any atom is 0.262 e. The Kier molecular flexibility index (Phi) is 4.20. The zero-order chi connectivity index (χ0) is 13.0. The molecule has 0 heterocycles. The van der Waals surface area contributed by atoms with Gasteiger partial charge in [-0.2, -0.15) is 0 Å². The molecular weight excluding hydrogens is 225 g/mol. The number of aldehydes is 1. The second kappa shape index (κ2) is 5.43. The summed E-state index contributed by atoms with van der Waals surface area (Å²) in [5, 5.41) is 0. The van der Waals surface area contributed by atoms with Crippen LogP contribution in [0.25, 0.3) is 0 Å². The van der Waals surface area contributed by atoms with Crippen LogP contribution in [0.15, 0.2) is 18.2 Å². The summed E-state index contributed by atoms with van der Waals surface area (Å²) in [4.78, 5) is 23.6. The molecule has 0 fully saturated rings. The van der Waals surface area contributed by atoms with Gasteiger partial charge in [-0.15, -0.1) is 0 Å². The van der Waals surface area contributed by atoms with Crippen molar-refractivity contribution in [1.82, 2.24) is 4.90 Å². The van der Waals surface area contributed by atoms with Crippen molar-refractivity contribution in [3.8, 4) is 5.75 Å². The number of halogens is 1. The average molecular weight is 239 g/mol. The van der Waals surface area contributed by atoms with E-state index >= 15 is 0 Å². The Bertz CT molecular complexity index is 432. The third-order valence-corrected chi connectivity index (χ3v) is 2.21. The highest BCUT2D eigenvalue weighted by Crippen LogP contribution is 2.22. The van der Waals surface area contributed by atoms with Crippen LogP contribution in [-0.4, -0.2) is 37.3 Å². The second-order valence-electron chi connectivity index (χ2n) is 3.77. The average Bonchev–Trinajstić information content (AvgIpc) is 2.30. The Morgan fingerprint density at radius 1 is 1.47 bits per heavy atom. The van der Waals surface area contributed by atoms with E-state index in [1.807, 2.05) is 0 Å². The predicted octanol–water partition coefficient (Wildman–Crippen LogP) is 1.49. The lowest BCUT2D eigenvalue weighted by Gasteiger charge is -2.19. The van der Waals surface area contributed by atoms with Gasteiger partial charge in [0.05, 0.1) is 5.56 Å². The summed E-state index contributed by atoms with van der Waals surface area (Å²) in [7, 11) is 3.15. The molecule has 0 bridgehead atoms. The molecule has 5 heteroatoms. The van der Waals surface area contributed by atoms with E-state index < -0.39 is 11.9 Å². The molecule has 0 aliphatic carbocycles. The summed E-state index contributed by atoms with van der Waals surface area (Å²) in [6.07, 6.45) is -0.355. The molecule has 0 saturated heterocycles. The first-order chi connectivity index (χ1) is 7.97. The van der Waals surface area contributed by atoms with Crippen molar-refractivity contribution in [1.29, 1.82) is 0 Å². The molecule has 0 aliphatic heterocycles. The van der Waals surface area contributed by atoms with Crippen molar-refractivity contribution in [3.63, 3.8) is 0 Å². The Labute approximate surface area is 99.0 Å². The molecular formula is C12H14FNO3. The number of carbonyl (C=O) groups is 2. The van der Waals surface area contributed by atoms with Crippen LogP contribution in [-0.2, 0) is 4.79 Å². The first-order valence-electron chi connectivity index (χ1n) is 5.09. The summed E-state index contributed by atoms with van der Waals surface area (Å²) in [6.45, 7) is 1.50. The number of likely N-dealkylation sites (N-methyl/N-ethyl adjacent to an activating group) is 1. The lowest BCUT2D eigenvalue weighted by atomic mass is 10.2. The van der Waals surface area contributed by atoms with Gasteiger partial charge < -0.3 is 9.64 Å². The van der Waals surface area contributed by atoms with Crippen LogP contribution in [0.2, 0.25) is 0 Å². The molecule has 0 spiro atoms. The third kappa shape index (κ3) is 3.03. The minimum Gasteiger partial charge on any atom is -0.477 e. The van der Waals surface area contributed by atoms with Crippen LogP contribution >= 0.6 is 0 Å². The number of para-hydroxylation sites is 1. The summed E-state index contributed by atoms with van der Waals surface area (Å²) in [5.41, 5.74) is 0.0865. The fourth-order valence-corrected chi connectivity index (χ4v) is 1.33. The standard InChI is InChI=1S/C12H14FNO3/c1-8(12(16)14(2)3)17-11-9(7-15)5-4-6-10(11)13/h4-8H,1-3H3. The summed E-state index contributed by atoms with van der Waals surface area (Å²) in [6, 6.07) is 4.01. The highest BCUT2D eigenvalue weighted by Gasteiger charge is 2.20. The summed E-state index contributed by atoms with van der Waals surface area (Å²) < 4.78 is 18.6. The maximum atomic E-state index is 13.5. The van der Waals surface area contributed by atoms with Gasteiger partial charge >= 0.3 is 0 Å². The zero-order valence-electron chi connectivity index (χ0n) is 9.94. The normalized spacial score (nSPS) is 11.8. The number of nitrogens with zero attached hydrogens (tertiary/aromatic N) is 1. The van der Waals surface area contributed by atoms with Gasteiger partial charge in [-0.3, -0.25) is 9.59 Å². The van der Waals surface area contributed by atoms with Crippen molar-refractivity contribution in [3.05, 3.63) is 29.6 Å². The van der Waals surface area contributed by atoms with Crippen LogP contribution in [0.5, 0.6) is 5.75 Å². The SMILES string of the molecule is CC(Oc1c(F)cccc1C=O)C(=O)N(C)C. The van der Waals surface area contributed by atoms with Gasteiger partial charge in [0.25, 0.3) is 5.91 Å². The smallest absolute Gasteiger partial charge is 0.262 e. The molecule has 0 aliphatic rings. The van der Waals surface area contributed by atoms with E-state index in [1.54, 1.807) is 14.1 Å². The molecule has 1 atom stereocenters. The zero-order valence-corrected chi connectivity index (χ0v) is 9.94. The summed E-state index contributed by atoms with van der Waals surface area (Å²) in [5.74, 6) is -1.15. The van der Waals surface area contributed by atoms with Crippen molar-refractivity contribution in [2.24, 2.45) is 0 Å². The first-order valence-corrected chi connectivity index (χ1v) is 5.09. The lowest BCUT2D eigenvalue weighted by molar-refractivity contribution is -0.135. The van der Waals surface area contributed by atoms with Crippen LogP contribution in [0, 0.1) is 5.82 Å². The molecule has 17 heavy (non-hydrogen) atoms. The second-order valence-corrected chi connectivity index (χ2v) is 3.77. The number of benzene rings is 1. The van der Waals surface area contributed by atoms with Gasteiger partial charge in [-0.05, 0) is 19.1 Å². The van der Waals surface area contributed by atoms with Crippen LogP contribution in [0.3, 0.4) is 0 Å². The van der Waals surface area contributed by atoms with Crippen LogP contribution in [0.1, 0.15) is 17.3 Å². The molecule has 1 aromatic carbocycles. The number of carbonyl (C=O) groups excluding carboxylic acids is 2. The summed E-state index contributed by atoms with van der Waals surface area (Å²) >= 11 is 0. The minimum atomic E-state index is -0.847. The van der Waals surface area contributed by atoms with Gasteiger partial charge in [0, 0.05) is 14.1 Å². The highest BCUT2D eigenvalue weighted by atomic mass is 19.1. The monoisotopic (exact) mass is 239 g/mol. The van der Waals surface area contributed by atoms with E-state index in [0.717, 1.165) is 0 Å². The number of rotatable bonds is 4. The first kappa shape index (κ1) is 13.2. The van der Waals surface area contributed by atoms with Crippen molar-refractivity contribution >= 4 is 12.2 Å². The van der Waals surface area contributed by atoms with Gasteiger partial charge in [0.15, 0.2) is 24.0 Å². The third-order valence-electron chi connectivity index (χ3n) is 2.21. The number of ether oxygens (including phenoxy) is 1. The molecule has 1 amide bonds. The Hall–Kier alpha value is -1.91. The van der Waals surface area contributed by atoms with Gasteiger partial charge in [0.1, 0.15) is 0 Å². The van der Waals surface area contributed by atoms with Crippen LogP contribution in [0.4, 0.5) is 4.39 Å². The van der Waals surface area contributed by atoms with Gasteiger partial charge in [0.2, 0.25) is 0 Å². The Balaban J connectivity index is 2.95. The number of hydrogen-bond donors (Lipinski definition) is 0.